The Hall–Kier alpha value is -2.40. The second kappa shape index (κ2) is 7.46. The fourth-order valence-electron chi connectivity index (χ4n) is 4.11. The molecule has 136 valence electrons. The minimum absolute atomic E-state index is 0.00452. The Balaban J connectivity index is 1.42. The Morgan fingerprint density at radius 1 is 1.04 bits per heavy atom. The van der Waals surface area contributed by atoms with Crippen LogP contribution in [0.3, 0.4) is 0 Å². The van der Waals surface area contributed by atoms with Gasteiger partial charge in [-0.25, -0.2) is 0 Å². The van der Waals surface area contributed by atoms with Crippen molar-refractivity contribution in [2.45, 2.75) is 31.7 Å². The summed E-state index contributed by atoms with van der Waals surface area (Å²) in [4.78, 5) is 32.3. The molecular formula is C21H25N3O2. The number of H-pyrrole nitrogens is 1. The Kier molecular flexibility index (Phi) is 4.89. The van der Waals surface area contributed by atoms with E-state index in [1.54, 1.807) is 12.3 Å². The van der Waals surface area contributed by atoms with Gasteiger partial charge in [0.2, 0.25) is 0 Å². The van der Waals surface area contributed by atoms with Gasteiger partial charge in [-0.3, -0.25) is 14.5 Å². The van der Waals surface area contributed by atoms with Crippen molar-refractivity contribution in [2.24, 2.45) is 0 Å². The van der Waals surface area contributed by atoms with Crippen molar-refractivity contribution >= 4 is 11.7 Å². The summed E-state index contributed by atoms with van der Waals surface area (Å²) in [6, 6.07) is 12.4. The molecule has 1 aromatic heterocycles. The molecule has 3 heterocycles. The number of rotatable bonds is 5. The summed E-state index contributed by atoms with van der Waals surface area (Å²) in [6.45, 7) is 2.96. The first-order valence-electron chi connectivity index (χ1n) is 9.52. The average Bonchev–Trinajstić information content (AvgIpc) is 3.42. The second-order valence-corrected chi connectivity index (χ2v) is 7.26. The Morgan fingerprint density at radius 2 is 1.81 bits per heavy atom. The molecule has 1 aromatic carbocycles. The second-order valence-electron chi connectivity index (χ2n) is 7.26. The molecule has 5 nitrogen and oxygen atoms in total. The summed E-state index contributed by atoms with van der Waals surface area (Å²) in [7, 11) is 0. The zero-order chi connectivity index (χ0) is 17.9. The van der Waals surface area contributed by atoms with Crippen LogP contribution < -0.4 is 0 Å². The maximum atomic E-state index is 12.7. The molecule has 5 heteroatoms. The number of ketones is 1. The number of nitrogens with zero attached hydrogens (tertiary/aromatic N) is 2. The highest BCUT2D eigenvalue weighted by Gasteiger charge is 2.28. The molecule has 1 unspecified atom stereocenters. The van der Waals surface area contributed by atoms with Crippen molar-refractivity contribution in [3.8, 4) is 0 Å². The third-order valence-electron chi connectivity index (χ3n) is 5.52. The van der Waals surface area contributed by atoms with Crippen molar-refractivity contribution in [1.82, 2.24) is 14.8 Å². The van der Waals surface area contributed by atoms with E-state index in [4.69, 9.17) is 0 Å². The number of likely N-dealkylation sites (tertiary alicyclic amines) is 2. The molecule has 2 aliphatic heterocycles. The van der Waals surface area contributed by atoms with Crippen LogP contribution in [-0.2, 0) is 0 Å². The van der Waals surface area contributed by atoms with Crippen LogP contribution >= 0.6 is 0 Å². The molecule has 0 radical (unpaired) electrons. The summed E-state index contributed by atoms with van der Waals surface area (Å²) in [5, 5.41) is 0. The smallest absolute Gasteiger partial charge is 0.270 e. The highest BCUT2D eigenvalue weighted by Crippen LogP contribution is 2.31. The zero-order valence-electron chi connectivity index (χ0n) is 15.0. The van der Waals surface area contributed by atoms with Gasteiger partial charge in [-0.15, -0.1) is 0 Å². The fourth-order valence-corrected chi connectivity index (χ4v) is 4.11. The number of amides is 1. The van der Waals surface area contributed by atoms with E-state index in [0.717, 1.165) is 45.3 Å². The summed E-state index contributed by atoms with van der Waals surface area (Å²) in [6.07, 6.45) is 6.00. The van der Waals surface area contributed by atoms with Gasteiger partial charge < -0.3 is 9.88 Å². The Labute approximate surface area is 154 Å². The topological polar surface area (TPSA) is 56.4 Å². The van der Waals surface area contributed by atoms with Gasteiger partial charge in [-0.2, -0.15) is 0 Å². The lowest BCUT2D eigenvalue weighted by Gasteiger charge is -2.23. The van der Waals surface area contributed by atoms with E-state index in [2.05, 4.69) is 34.1 Å². The standard InChI is InChI=1S/C21H25N3O2/c25-20(15-24-12-6-9-19(24)16-7-2-1-3-8-16)17-13-18(22-14-17)21(26)23-10-4-5-11-23/h1-3,7-8,13-14,19,22H,4-6,9-12,15H2. The minimum Gasteiger partial charge on any atom is -0.356 e. The minimum atomic E-state index is 0.00452. The first-order valence-corrected chi connectivity index (χ1v) is 9.52. The van der Waals surface area contributed by atoms with E-state index >= 15 is 0 Å². The van der Waals surface area contributed by atoms with Crippen molar-refractivity contribution in [3.63, 3.8) is 0 Å². The van der Waals surface area contributed by atoms with E-state index in [9.17, 15) is 9.59 Å². The van der Waals surface area contributed by atoms with Crippen LogP contribution in [-0.4, -0.2) is 52.7 Å². The zero-order valence-corrected chi connectivity index (χ0v) is 15.0. The lowest BCUT2D eigenvalue weighted by molar-refractivity contribution is 0.0787. The van der Waals surface area contributed by atoms with Gasteiger partial charge in [0, 0.05) is 30.9 Å². The normalized spacial score (nSPS) is 20.6. The quantitative estimate of drug-likeness (QED) is 0.841. The molecule has 26 heavy (non-hydrogen) atoms. The van der Waals surface area contributed by atoms with Gasteiger partial charge >= 0.3 is 0 Å². The van der Waals surface area contributed by atoms with Crippen LogP contribution in [0.25, 0.3) is 0 Å². The van der Waals surface area contributed by atoms with E-state index < -0.39 is 0 Å². The maximum absolute atomic E-state index is 12.7. The number of Topliss-reactive ketones (excluding diaryl/α,β-unsaturated/α-hetero) is 1. The van der Waals surface area contributed by atoms with Crippen LogP contribution in [0, 0.1) is 0 Å². The first kappa shape index (κ1) is 17.0. The molecular weight excluding hydrogens is 326 g/mol. The largest absolute Gasteiger partial charge is 0.356 e. The summed E-state index contributed by atoms with van der Waals surface area (Å²) in [5.41, 5.74) is 2.40. The van der Waals surface area contributed by atoms with Gasteiger partial charge in [-0.1, -0.05) is 30.3 Å². The number of carbonyl (C=O) groups excluding carboxylic acids is 2. The van der Waals surface area contributed by atoms with Gasteiger partial charge in [0.1, 0.15) is 5.69 Å². The molecule has 2 aromatic rings. The molecule has 4 rings (SSSR count). The molecule has 0 spiro atoms. The van der Waals surface area contributed by atoms with E-state index in [-0.39, 0.29) is 11.7 Å². The van der Waals surface area contributed by atoms with E-state index in [1.807, 2.05) is 11.0 Å². The van der Waals surface area contributed by atoms with Gasteiger partial charge in [0.05, 0.1) is 6.54 Å². The highest BCUT2D eigenvalue weighted by molar-refractivity contribution is 6.01. The Bertz CT molecular complexity index is 778. The van der Waals surface area contributed by atoms with Gasteiger partial charge in [0.15, 0.2) is 5.78 Å². The van der Waals surface area contributed by atoms with Crippen molar-refractivity contribution in [2.75, 3.05) is 26.2 Å². The van der Waals surface area contributed by atoms with Gasteiger partial charge in [0.25, 0.3) is 5.91 Å². The molecule has 0 saturated carbocycles. The summed E-state index contributed by atoms with van der Waals surface area (Å²) >= 11 is 0. The van der Waals surface area contributed by atoms with Crippen molar-refractivity contribution < 1.29 is 9.59 Å². The number of aromatic nitrogens is 1. The fraction of sp³-hybridized carbons (Fsp3) is 0.429. The van der Waals surface area contributed by atoms with Crippen LogP contribution in [0.1, 0.15) is 58.1 Å². The predicted molar refractivity (Wildman–Crippen MR) is 100 cm³/mol. The predicted octanol–water partition coefficient (Wildman–Crippen LogP) is 3.27. The Morgan fingerprint density at radius 3 is 2.58 bits per heavy atom. The third-order valence-corrected chi connectivity index (χ3v) is 5.52. The van der Waals surface area contributed by atoms with E-state index in [0.29, 0.717) is 23.8 Å². The van der Waals surface area contributed by atoms with Crippen LogP contribution in [0.2, 0.25) is 0 Å². The first-order chi connectivity index (χ1) is 12.7. The number of carbonyl (C=O) groups is 2. The lowest BCUT2D eigenvalue weighted by atomic mass is 10.0. The molecule has 2 fully saturated rings. The molecule has 2 saturated heterocycles. The van der Waals surface area contributed by atoms with Crippen molar-refractivity contribution in [1.29, 1.82) is 0 Å². The number of hydrogen-bond donors (Lipinski definition) is 1. The van der Waals surface area contributed by atoms with E-state index in [1.165, 1.54) is 5.56 Å². The number of nitrogens with one attached hydrogen (secondary N) is 1. The molecule has 2 aliphatic rings. The number of benzene rings is 1. The molecule has 0 bridgehead atoms. The summed E-state index contributed by atoms with van der Waals surface area (Å²) in [5.74, 6) is 0.0782. The SMILES string of the molecule is O=C(CN1CCCC1c1ccccc1)c1c[nH]c(C(=O)N2CCCC2)c1. The van der Waals surface area contributed by atoms with Crippen LogP contribution in [0.15, 0.2) is 42.6 Å². The average molecular weight is 351 g/mol. The summed E-state index contributed by atoms with van der Waals surface area (Å²) < 4.78 is 0. The molecule has 1 amide bonds. The molecule has 0 aliphatic carbocycles. The van der Waals surface area contributed by atoms with Crippen molar-refractivity contribution in [3.05, 3.63) is 59.4 Å². The number of hydrogen-bond acceptors (Lipinski definition) is 3. The molecule has 1 atom stereocenters. The van der Waals surface area contributed by atoms with Gasteiger partial charge in [-0.05, 0) is 43.9 Å². The van der Waals surface area contributed by atoms with Crippen LogP contribution in [0.4, 0.5) is 0 Å². The molecule has 1 N–H and O–H groups in total. The highest BCUT2D eigenvalue weighted by atomic mass is 16.2. The maximum Gasteiger partial charge on any atom is 0.270 e. The lowest BCUT2D eigenvalue weighted by Crippen LogP contribution is -2.29. The third kappa shape index (κ3) is 3.44. The number of aromatic amines is 1. The monoisotopic (exact) mass is 351 g/mol. The van der Waals surface area contributed by atoms with Crippen LogP contribution in [0.5, 0.6) is 0 Å².